The van der Waals surface area contributed by atoms with Crippen LogP contribution in [0.4, 0.5) is 10.1 Å². The molecule has 0 fully saturated rings. The lowest BCUT2D eigenvalue weighted by molar-refractivity contribution is -0.115. The van der Waals surface area contributed by atoms with Gasteiger partial charge in [0.1, 0.15) is 10.2 Å². The van der Waals surface area contributed by atoms with Crippen LogP contribution in [-0.2, 0) is 17.0 Å². The summed E-state index contributed by atoms with van der Waals surface area (Å²) in [7, 11) is 0. The number of hydrogen-bond donors (Lipinski definition) is 1. The zero-order valence-corrected chi connectivity index (χ0v) is 16.3. The van der Waals surface area contributed by atoms with Crippen LogP contribution >= 0.6 is 34.7 Å². The standard InChI is InChI=1S/C19H16ClFN2OS2/c1-12-2-5-14(20)8-17(12)23-18(24)9-16-11-26-19(22-16)25-10-13-3-6-15(21)7-4-13/h2-8,11H,9-10H2,1H3,(H,23,24). The van der Waals surface area contributed by atoms with Gasteiger partial charge in [-0.1, -0.05) is 41.6 Å². The quantitative estimate of drug-likeness (QED) is 0.532. The number of halogens is 2. The molecular weight excluding hydrogens is 391 g/mol. The van der Waals surface area contributed by atoms with Gasteiger partial charge in [0.05, 0.1) is 12.1 Å². The highest BCUT2D eigenvalue weighted by atomic mass is 35.5. The van der Waals surface area contributed by atoms with E-state index in [0.717, 1.165) is 21.2 Å². The number of carbonyl (C=O) groups is 1. The molecule has 0 unspecified atom stereocenters. The number of nitrogens with zero attached hydrogens (tertiary/aromatic N) is 1. The molecule has 0 saturated heterocycles. The Morgan fingerprint density at radius 2 is 2.04 bits per heavy atom. The van der Waals surface area contributed by atoms with Gasteiger partial charge >= 0.3 is 0 Å². The first kappa shape index (κ1) is 18.9. The van der Waals surface area contributed by atoms with Crippen molar-refractivity contribution in [3.63, 3.8) is 0 Å². The van der Waals surface area contributed by atoms with Gasteiger partial charge in [-0.05, 0) is 42.3 Å². The molecule has 3 rings (SSSR count). The van der Waals surface area contributed by atoms with Crippen LogP contribution in [0.15, 0.2) is 52.2 Å². The number of benzene rings is 2. The smallest absolute Gasteiger partial charge is 0.230 e. The summed E-state index contributed by atoms with van der Waals surface area (Å²) in [6.07, 6.45) is 0.208. The number of rotatable bonds is 6. The Morgan fingerprint density at radius 1 is 1.27 bits per heavy atom. The van der Waals surface area contributed by atoms with Crippen molar-refractivity contribution in [3.8, 4) is 0 Å². The molecule has 0 radical (unpaired) electrons. The van der Waals surface area contributed by atoms with Gasteiger partial charge in [0, 0.05) is 21.8 Å². The Kier molecular flexibility index (Phi) is 6.29. The van der Waals surface area contributed by atoms with Gasteiger partial charge < -0.3 is 5.32 Å². The number of carbonyl (C=O) groups excluding carboxylic acids is 1. The van der Waals surface area contributed by atoms with Crippen molar-refractivity contribution < 1.29 is 9.18 Å². The van der Waals surface area contributed by atoms with Crippen molar-refractivity contribution in [1.82, 2.24) is 4.98 Å². The van der Waals surface area contributed by atoms with E-state index in [1.807, 2.05) is 18.4 Å². The van der Waals surface area contributed by atoms with Crippen molar-refractivity contribution in [2.45, 2.75) is 23.4 Å². The molecule has 3 aromatic rings. The fourth-order valence-electron chi connectivity index (χ4n) is 2.25. The fourth-order valence-corrected chi connectivity index (χ4v) is 4.22. The van der Waals surface area contributed by atoms with Crippen LogP contribution in [0.2, 0.25) is 5.02 Å². The molecule has 1 aromatic heterocycles. The number of hydrogen-bond acceptors (Lipinski definition) is 4. The van der Waals surface area contributed by atoms with Crippen molar-refractivity contribution >= 4 is 46.3 Å². The molecule has 0 saturated carbocycles. The monoisotopic (exact) mass is 406 g/mol. The Morgan fingerprint density at radius 3 is 2.81 bits per heavy atom. The Hall–Kier alpha value is -1.89. The highest BCUT2D eigenvalue weighted by Gasteiger charge is 2.10. The summed E-state index contributed by atoms with van der Waals surface area (Å²) in [6, 6.07) is 11.8. The molecule has 1 N–H and O–H groups in total. The highest BCUT2D eigenvalue weighted by molar-refractivity contribution is 8.00. The molecule has 26 heavy (non-hydrogen) atoms. The molecule has 1 amide bonds. The summed E-state index contributed by atoms with van der Waals surface area (Å²) in [6.45, 7) is 1.92. The van der Waals surface area contributed by atoms with Gasteiger partial charge in [-0.3, -0.25) is 4.79 Å². The van der Waals surface area contributed by atoms with Gasteiger partial charge in [-0.2, -0.15) is 0 Å². The Balaban J connectivity index is 1.55. The summed E-state index contributed by atoms with van der Waals surface area (Å²) in [5.74, 6) is 0.341. The lowest BCUT2D eigenvalue weighted by Gasteiger charge is -2.08. The number of amides is 1. The molecule has 0 spiro atoms. The number of thioether (sulfide) groups is 1. The van der Waals surface area contributed by atoms with Gasteiger partial charge in [0.15, 0.2) is 0 Å². The molecule has 3 nitrogen and oxygen atoms in total. The number of aryl methyl sites for hydroxylation is 1. The van der Waals surface area contributed by atoms with Gasteiger partial charge in [-0.15, -0.1) is 11.3 Å². The summed E-state index contributed by atoms with van der Waals surface area (Å²) in [5, 5.41) is 5.34. The largest absolute Gasteiger partial charge is 0.325 e. The number of anilines is 1. The highest BCUT2D eigenvalue weighted by Crippen LogP contribution is 2.27. The van der Waals surface area contributed by atoms with Crippen LogP contribution in [-0.4, -0.2) is 10.9 Å². The van der Waals surface area contributed by atoms with E-state index in [-0.39, 0.29) is 18.1 Å². The third-order valence-electron chi connectivity index (χ3n) is 3.62. The first-order valence-corrected chi connectivity index (χ1v) is 10.1. The maximum Gasteiger partial charge on any atom is 0.230 e. The minimum Gasteiger partial charge on any atom is -0.325 e. The van der Waals surface area contributed by atoms with E-state index in [4.69, 9.17) is 11.6 Å². The zero-order valence-electron chi connectivity index (χ0n) is 14.0. The second-order valence-electron chi connectivity index (χ2n) is 5.70. The first-order chi connectivity index (χ1) is 12.5. The Bertz CT molecular complexity index is 912. The van der Waals surface area contributed by atoms with Crippen molar-refractivity contribution in [2.75, 3.05) is 5.32 Å². The van der Waals surface area contributed by atoms with Gasteiger partial charge in [0.2, 0.25) is 5.91 Å². The third-order valence-corrected chi connectivity index (χ3v) is 6.00. The fraction of sp³-hybridized carbons (Fsp3) is 0.158. The molecule has 1 heterocycles. The van der Waals surface area contributed by atoms with Gasteiger partial charge in [0.25, 0.3) is 0 Å². The summed E-state index contributed by atoms with van der Waals surface area (Å²) in [5.41, 5.74) is 3.43. The van der Waals surface area contributed by atoms with Crippen LogP contribution < -0.4 is 5.32 Å². The van der Waals surface area contributed by atoms with E-state index < -0.39 is 0 Å². The van der Waals surface area contributed by atoms with E-state index in [2.05, 4.69) is 10.3 Å². The molecule has 2 aromatic carbocycles. The maximum atomic E-state index is 12.9. The van der Waals surface area contributed by atoms with E-state index in [0.29, 0.717) is 16.5 Å². The molecule has 7 heteroatoms. The van der Waals surface area contributed by atoms with Crippen molar-refractivity contribution in [2.24, 2.45) is 0 Å². The van der Waals surface area contributed by atoms with Crippen molar-refractivity contribution in [1.29, 1.82) is 0 Å². The normalized spacial score (nSPS) is 10.7. The summed E-state index contributed by atoms with van der Waals surface area (Å²) >= 11 is 9.05. The first-order valence-electron chi connectivity index (χ1n) is 7.87. The lowest BCUT2D eigenvalue weighted by Crippen LogP contribution is -2.15. The lowest BCUT2D eigenvalue weighted by atomic mass is 10.2. The van der Waals surface area contributed by atoms with Gasteiger partial charge in [-0.25, -0.2) is 9.37 Å². The second kappa shape index (κ2) is 8.66. The average molecular weight is 407 g/mol. The molecule has 0 aliphatic rings. The topological polar surface area (TPSA) is 42.0 Å². The maximum absolute atomic E-state index is 12.9. The number of thiazole rings is 1. The van der Waals surface area contributed by atoms with Crippen LogP contribution in [0.5, 0.6) is 0 Å². The summed E-state index contributed by atoms with van der Waals surface area (Å²) in [4.78, 5) is 16.7. The number of nitrogens with one attached hydrogen (secondary N) is 1. The van der Waals surface area contributed by atoms with E-state index in [9.17, 15) is 9.18 Å². The predicted octanol–water partition coefficient (Wildman–Crippen LogP) is 5.72. The minimum atomic E-state index is -0.240. The molecule has 0 aliphatic carbocycles. The van der Waals surface area contributed by atoms with Crippen LogP contribution in [0, 0.1) is 12.7 Å². The molecule has 0 bridgehead atoms. The second-order valence-corrected chi connectivity index (χ2v) is 8.22. The van der Waals surface area contributed by atoms with Crippen LogP contribution in [0.1, 0.15) is 16.8 Å². The average Bonchev–Trinajstić information content (AvgIpc) is 3.05. The van der Waals surface area contributed by atoms with Crippen LogP contribution in [0.25, 0.3) is 0 Å². The zero-order chi connectivity index (χ0) is 18.5. The minimum absolute atomic E-state index is 0.129. The van der Waals surface area contributed by atoms with Crippen LogP contribution in [0.3, 0.4) is 0 Å². The Labute approximate surface area is 164 Å². The number of aromatic nitrogens is 1. The summed E-state index contributed by atoms with van der Waals surface area (Å²) < 4.78 is 13.8. The molecule has 134 valence electrons. The van der Waals surface area contributed by atoms with Crippen molar-refractivity contribution in [3.05, 3.63) is 75.5 Å². The van der Waals surface area contributed by atoms with E-state index in [1.54, 1.807) is 36.0 Å². The molecular formula is C19H16ClFN2OS2. The predicted molar refractivity (Wildman–Crippen MR) is 107 cm³/mol. The SMILES string of the molecule is Cc1ccc(Cl)cc1NC(=O)Cc1csc(SCc2ccc(F)cc2)n1. The van der Waals surface area contributed by atoms with E-state index in [1.165, 1.54) is 23.5 Å². The third kappa shape index (κ3) is 5.30. The molecule has 0 aliphatic heterocycles. The molecule has 0 atom stereocenters. The van der Waals surface area contributed by atoms with E-state index >= 15 is 0 Å².